The molecular formula is C22H37IN6O. The van der Waals surface area contributed by atoms with E-state index < -0.39 is 0 Å². The van der Waals surface area contributed by atoms with Crippen molar-refractivity contribution in [1.82, 2.24) is 20.0 Å². The molecule has 168 valence electrons. The van der Waals surface area contributed by atoms with Crippen molar-refractivity contribution in [3.8, 4) is 0 Å². The van der Waals surface area contributed by atoms with E-state index in [1.807, 2.05) is 11.9 Å². The summed E-state index contributed by atoms with van der Waals surface area (Å²) in [6.07, 6.45) is 0. The van der Waals surface area contributed by atoms with Crippen molar-refractivity contribution < 1.29 is 4.79 Å². The third-order valence-electron chi connectivity index (χ3n) is 6.24. The fourth-order valence-corrected chi connectivity index (χ4v) is 4.18. The lowest BCUT2D eigenvalue weighted by Gasteiger charge is -2.39. The summed E-state index contributed by atoms with van der Waals surface area (Å²) >= 11 is 0. The molecule has 2 heterocycles. The minimum absolute atomic E-state index is 0. The number of carbonyl (C=O) groups excluding carboxylic acids is 1. The smallest absolute Gasteiger partial charge is 0.219 e. The van der Waals surface area contributed by atoms with Gasteiger partial charge >= 0.3 is 0 Å². The number of nitrogens with one attached hydrogen (secondary N) is 1. The molecule has 30 heavy (non-hydrogen) atoms. The normalized spacial score (nSPS) is 18.3. The summed E-state index contributed by atoms with van der Waals surface area (Å²) < 4.78 is 0. The van der Waals surface area contributed by atoms with Gasteiger partial charge in [0.05, 0.1) is 0 Å². The largest absolute Gasteiger partial charge is 0.368 e. The van der Waals surface area contributed by atoms with E-state index in [4.69, 9.17) is 0 Å². The first kappa shape index (κ1) is 24.7. The fraction of sp³-hybridized carbons (Fsp3) is 0.636. The van der Waals surface area contributed by atoms with E-state index in [1.54, 1.807) is 6.92 Å². The van der Waals surface area contributed by atoms with E-state index >= 15 is 0 Å². The van der Waals surface area contributed by atoms with E-state index in [2.05, 4.69) is 57.1 Å². The highest BCUT2D eigenvalue weighted by Gasteiger charge is 2.22. The van der Waals surface area contributed by atoms with Crippen LogP contribution in [0.2, 0.25) is 0 Å². The third-order valence-corrected chi connectivity index (χ3v) is 6.24. The molecule has 2 aliphatic heterocycles. The number of piperazine rings is 2. The summed E-state index contributed by atoms with van der Waals surface area (Å²) in [7, 11) is 1.87. The molecule has 0 saturated carbocycles. The Bertz CT molecular complexity index is 724. The number of hydrogen-bond donors (Lipinski definition) is 1. The van der Waals surface area contributed by atoms with Gasteiger partial charge in [0.2, 0.25) is 5.91 Å². The summed E-state index contributed by atoms with van der Waals surface area (Å²) in [4.78, 5) is 25.1. The molecule has 0 atom stereocenters. The summed E-state index contributed by atoms with van der Waals surface area (Å²) in [5, 5.41) is 3.53. The lowest BCUT2D eigenvalue weighted by Crippen LogP contribution is -2.54. The summed E-state index contributed by atoms with van der Waals surface area (Å²) in [5.41, 5.74) is 4.09. The highest BCUT2D eigenvalue weighted by Crippen LogP contribution is 2.23. The fourth-order valence-electron chi connectivity index (χ4n) is 4.18. The van der Waals surface area contributed by atoms with E-state index in [1.165, 1.54) is 16.8 Å². The van der Waals surface area contributed by atoms with Crippen LogP contribution in [0, 0.1) is 13.8 Å². The first-order chi connectivity index (χ1) is 14.0. The lowest BCUT2D eigenvalue weighted by atomic mass is 10.1. The first-order valence-electron chi connectivity index (χ1n) is 10.7. The number of hydrogen-bond acceptors (Lipinski definition) is 4. The number of anilines is 1. The molecule has 0 spiro atoms. The molecule has 1 amide bonds. The topological polar surface area (TPSA) is 54.4 Å². The van der Waals surface area contributed by atoms with Gasteiger partial charge in [-0.05, 0) is 31.0 Å². The SMILES string of the molecule is CN=C(NCCN1CCN(C(C)=O)CC1)N1CCN(c2cccc(C)c2C)CC1.I. The van der Waals surface area contributed by atoms with Crippen LogP contribution in [0.25, 0.3) is 0 Å². The van der Waals surface area contributed by atoms with Crippen LogP contribution in [0.4, 0.5) is 5.69 Å². The van der Waals surface area contributed by atoms with Crippen molar-refractivity contribution in [1.29, 1.82) is 0 Å². The number of halogens is 1. The Morgan fingerprint density at radius 2 is 1.63 bits per heavy atom. The second kappa shape index (κ2) is 11.7. The zero-order valence-corrected chi connectivity index (χ0v) is 21.2. The molecule has 1 aromatic rings. The number of rotatable bonds is 4. The summed E-state index contributed by atoms with van der Waals surface area (Å²) in [6, 6.07) is 6.57. The second-order valence-electron chi connectivity index (χ2n) is 8.01. The highest BCUT2D eigenvalue weighted by atomic mass is 127. The number of carbonyl (C=O) groups is 1. The molecule has 3 rings (SSSR count). The third kappa shape index (κ3) is 6.23. The van der Waals surface area contributed by atoms with E-state index in [0.717, 1.165) is 71.4 Å². The molecule has 2 saturated heterocycles. The average Bonchev–Trinajstić information content (AvgIpc) is 2.74. The molecule has 0 radical (unpaired) electrons. The molecule has 2 fully saturated rings. The van der Waals surface area contributed by atoms with Gasteiger partial charge in [0, 0.05) is 85.1 Å². The van der Waals surface area contributed by atoms with Crippen LogP contribution in [-0.4, -0.2) is 99.1 Å². The van der Waals surface area contributed by atoms with Crippen LogP contribution in [0.1, 0.15) is 18.1 Å². The molecule has 2 aliphatic rings. The van der Waals surface area contributed by atoms with Crippen LogP contribution in [0.3, 0.4) is 0 Å². The Morgan fingerprint density at radius 1 is 1.00 bits per heavy atom. The minimum Gasteiger partial charge on any atom is -0.368 e. The van der Waals surface area contributed by atoms with Crippen LogP contribution in [0.5, 0.6) is 0 Å². The second-order valence-corrected chi connectivity index (χ2v) is 8.01. The van der Waals surface area contributed by atoms with Gasteiger partial charge in [-0.2, -0.15) is 0 Å². The van der Waals surface area contributed by atoms with Crippen molar-refractivity contribution in [2.24, 2.45) is 4.99 Å². The van der Waals surface area contributed by atoms with E-state index in [0.29, 0.717) is 0 Å². The van der Waals surface area contributed by atoms with Crippen molar-refractivity contribution in [2.75, 3.05) is 77.4 Å². The van der Waals surface area contributed by atoms with Crippen LogP contribution in [-0.2, 0) is 4.79 Å². The van der Waals surface area contributed by atoms with E-state index in [9.17, 15) is 4.79 Å². The van der Waals surface area contributed by atoms with E-state index in [-0.39, 0.29) is 29.9 Å². The molecule has 0 bridgehead atoms. The Hall–Kier alpha value is -1.55. The first-order valence-corrected chi connectivity index (χ1v) is 10.7. The molecule has 0 aliphatic carbocycles. The minimum atomic E-state index is 0. The maximum atomic E-state index is 11.4. The number of guanidine groups is 1. The van der Waals surface area contributed by atoms with Gasteiger partial charge in [-0.1, -0.05) is 12.1 Å². The molecule has 1 N–H and O–H groups in total. The van der Waals surface area contributed by atoms with Crippen LogP contribution >= 0.6 is 24.0 Å². The maximum absolute atomic E-state index is 11.4. The van der Waals surface area contributed by atoms with Gasteiger partial charge in [-0.3, -0.25) is 14.7 Å². The quantitative estimate of drug-likeness (QED) is 0.367. The van der Waals surface area contributed by atoms with Crippen LogP contribution in [0.15, 0.2) is 23.2 Å². The Balaban J connectivity index is 0.00000320. The van der Waals surface area contributed by atoms with Crippen molar-refractivity contribution in [2.45, 2.75) is 20.8 Å². The van der Waals surface area contributed by atoms with Crippen LogP contribution < -0.4 is 10.2 Å². The monoisotopic (exact) mass is 528 g/mol. The Morgan fingerprint density at radius 3 is 2.23 bits per heavy atom. The predicted octanol–water partition coefficient (Wildman–Crippen LogP) is 1.78. The van der Waals surface area contributed by atoms with Gasteiger partial charge in [0.15, 0.2) is 5.96 Å². The number of aryl methyl sites for hydroxylation is 1. The molecule has 0 aromatic heterocycles. The standard InChI is InChI=1S/C22H36N6O.HI/c1-18-6-5-7-21(19(18)2)27-14-16-28(17-15-27)22(23-4)24-8-9-25-10-12-26(13-11-25)20(3)29;/h5-7H,8-17H2,1-4H3,(H,23,24);1H. The maximum Gasteiger partial charge on any atom is 0.219 e. The lowest BCUT2D eigenvalue weighted by molar-refractivity contribution is -0.130. The Labute approximate surface area is 198 Å². The predicted molar refractivity (Wildman–Crippen MR) is 135 cm³/mol. The zero-order valence-electron chi connectivity index (χ0n) is 18.9. The van der Waals surface area contributed by atoms with Gasteiger partial charge in [0.25, 0.3) is 0 Å². The van der Waals surface area contributed by atoms with Crippen molar-refractivity contribution in [3.05, 3.63) is 29.3 Å². The number of aliphatic imine (C=N–C) groups is 1. The molecule has 0 unspecified atom stereocenters. The van der Waals surface area contributed by atoms with Gasteiger partial charge < -0.3 is 20.0 Å². The van der Waals surface area contributed by atoms with Gasteiger partial charge in [-0.25, -0.2) is 0 Å². The number of amides is 1. The average molecular weight is 528 g/mol. The number of nitrogens with zero attached hydrogens (tertiary/aromatic N) is 5. The summed E-state index contributed by atoms with van der Waals surface area (Å²) in [6.45, 7) is 15.5. The molecule has 8 heteroatoms. The molecular weight excluding hydrogens is 491 g/mol. The highest BCUT2D eigenvalue weighted by molar-refractivity contribution is 14.0. The molecule has 7 nitrogen and oxygen atoms in total. The zero-order chi connectivity index (χ0) is 20.8. The molecule has 1 aromatic carbocycles. The Kier molecular flexibility index (Phi) is 9.67. The summed E-state index contributed by atoms with van der Waals surface area (Å²) in [5.74, 6) is 1.18. The van der Waals surface area contributed by atoms with Crippen molar-refractivity contribution in [3.63, 3.8) is 0 Å². The van der Waals surface area contributed by atoms with Gasteiger partial charge in [-0.15, -0.1) is 24.0 Å². The number of benzene rings is 1. The van der Waals surface area contributed by atoms with Crippen molar-refractivity contribution >= 4 is 41.5 Å². The van der Waals surface area contributed by atoms with Gasteiger partial charge in [0.1, 0.15) is 0 Å².